The van der Waals surface area contributed by atoms with Gasteiger partial charge in [0.15, 0.2) is 12.4 Å². The van der Waals surface area contributed by atoms with Crippen molar-refractivity contribution in [1.29, 1.82) is 0 Å². The van der Waals surface area contributed by atoms with E-state index in [9.17, 15) is 45.6 Å². The van der Waals surface area contributed by atoms with Crippen LogP contribution in [0.3, 0.4) is 0 Å². The van der Waals surface area contributed by atoms with Gasteiger partial charge in [0, 0.05) is 6.42 Å². The fourth-order valence-corrected chi connectivity index (χ4v) is 4.79. The predicted molar refractivity (Wildman–Crippen MR) is 145 cm³/mol. The Labute approximate surface area is 237 Å². The van der Waals surface area contributed by atoms with Crippen LogP contribution in [-0.4, -0.2) is 122 Å². The summed E-state index contributed by atoms with van der Waals surface area (Å²) in [6.45, 7) is -0.279. The number of carbonyl (C=O) groups is 1. The van der Waals surface area contributed by atoms with Crippen molar-refractivity contribution < 1.29 is 59.9 Å². The number of rotatable bonds is 23. The average molecular weight is 583 g/mol. The summed E-state index contributed by atoms with van der Waals surface area (Å²) in [7, 11) is 0. The van der Waals surface area contributed by atoms with Crippen LogP contribution in [0.25, 0.3) is 0 Å². The lowest BCUT2D eigenvalue weighted by Gasteiger charge is -2.42. The quantitative estimate of drug-likeness (QED) is 0.0604. The predicted octanol–water partition coefficient (Wildman–Crippen LogP) is 0.271. The zero-order valence-electron chi connectivity index (χ0n) is 23.9. The van der Waals surface area contributed by atoms with Gasteiger partial charge in [-0.05, 0) is 6.42 Å². The minimum Gasteiger partial charge on any atom is -0.457 e. The highest BCUT2D eigenvalue weighted by Crippen LogP contribution is 2.26. The summed E-state index contributed by atoms with van der Waals surface area (Å²) in [4.78, 5) is 12.5. The topological polar surface area (TPSA) is 207 Å². The molecule has 0 amide bonds. The molecule has 0 spiro atoms. The van der Waals surface area contributed by atoms with Crippen LogP contribution < -0.4 is 0 Å². The largest absolute Gasteiger partial charge is 0.457 e. The van der Waals surface area contributed by atoms with Crippen molar-refractivity contribution in [3.05, 3.63) is 0 Å². The second-order valence-electron chi connectivity index (χ2n) is 10.7. The van der Waals surface area contributed by atoms with Gasteiger partial charge in [-0.2, -0.15) is 0 Å². The van der Waals surface area contributed by atoms with E-state index in [0.29, 0.717) is 6.42 Å². The van der Waals surface area contributed by atoms with Crippen molar-refractivity contribution in [3.63, 3.8) is 0 Å². The minimum absolute atomic E-state index is 0.0222. The Morgan fingerprint density at radius 3 is 1.65 bits per heavy atom. The van der Waals surface area contributed by atoms with Crippen LogP contribution in [0.1, 0.15) is 96.8 Å². The van der Waals surface area contributed by atoms with E-state index in [4.69, 9.17) is 14.2 Å². The van der Waals surface area contributed by atoms with Gasteiger partial charge in [0.1, 0.15) is 42.7 Å². The van der Waals surface area contributed by atoms with Gasteiger partial charge >= 0.3 is 5.97 Å². The normalized spacial score (nSPS) is 26.3. The first-order valence-electron chi connectivity index (χ1n) is 14.9. The minimum atomic E-state index is -1.83. The number of ether oxygens (including phenoxy) is 3. The fourth-order valence-electron chi connectivity index (χ4n) is 4.79. The molecule has 0 aromatic heterocycles. The molecule has 238 valence electrons. The molecule has 40 heavy (non-hydrogen) atoms. The molecule has 1 rings (SSSR count). The Hall–Kier alpha value is -0.930. The second-order valence-corrected chi connectivity index (χ2v) is 10.7. The maximum atomic E-state index is 12.5. The van der Waals surface area contributed by atoms with Gasteiger partial charge in [0.05, 0.1) is 19.8 Å². The highest BCUT2D eigenvalue weighted by atomic mass is 16.7. The van der Waals surface area contributed by atoms with E-state index in [1.165, 1.54) is 51.4 Å². The third-order valence-electron chi connectivity index (χ3n) is 7.35. The lowest BCUT2D eigenvalue weighted by Crippen LogP contribution is -2.62. The van der Waals surface area contributed by atoms with E-state index in [-0.39, 0.29) is 6.42 Å². The molecule has 0 radical (unpaired) electrons. The Bertz CT molecular complexity index is 636. The summed E-state index contributed by atoms with van der Waals surface area (Å²) in [5, 5.41) is 79.3. The van der Waals surface area contributed by atoms with Gasteiger partial charge in [0.2, 0.25) is 0 Å². The zero-order valence-corrected chi connectivity index (χ0v) is 23.9. The standard InChI is InChI=1S/C28H54O12/c1-2-3-4-5-6-7-8-9-10-11-12-13-14-15-22(34)39-26(19(32)16-29)27(20(33)17-30)40-28-25(37)24(36)23(35)21(18-31)38-28/h19-21,23-33,35-37H,2-18H2,1H3/t19-,20+,21+,23+,24-,25+,26+,27+,28+/m0/s1. The van der Waals surface area contributed by atoms with Crippen molar-refractivity contribution in [2.45, 2.75) is 152 Å². The molecule has 0 bridgehead atoms. The third-order valence-corrected chi connectivity index (χ3v) is 7.35. The van der Waals surface area contributed by atoms with Gasteiger partial charge in [-0.25, -0.2) is 0 Å². The molecular weight excluding hydrogens is 528 g/mol. The van der Waals surface area contributed by atoms with E-state index >= 15 is 0 Å². The first kappa shape index (κ1) is 37.1. The first-order valence-corrected chi connectivity index (χ1v) is 14.9. The number of carbonyl (C=O) groups excluding carboxylic acids is 1. The molecule has 0 aliphatic carbocycles. The number of aliphatic hydroxyl groups is 8. The van der Waals surface area contributed by atoms with Crippen LogP contribution in [0.15, 0.2) is 0 Å². The molecule has 12 nitrogen and oxygen atoms in total. The van der Waals surface area contributed by atoms with Crippen LogP contribution in [-0.2, 0) is 19.0 Å². The maximum absolute atomic E-state index is 12.5. The Morgan fingerprint density at radius 1 is 0.700 bits per heavy atom. The second kappa shape index (κ2) is 21.7. The molecule has 8 N–H and O–H groups in total. The van der Waals surface area contributed by atoms with E-state index in [2.05, 4.69) is 6.92 Å². The first-order chi connectivity index (χ1) is 19.2. The van der Waals surface area contributed by atoms with Crippen molar-refractivity contribution >= 4 is 5.97 Å². The molecule has 12 heteroatoms. The highest BCUT2D eigenvalue weighted by Gasteiger charge is 2.47. The highest BCUT2D eigenvalue weighted by molar-refractivity contribution is 5.69. The summed E-state index contributed by atoms with van der Waals surface area (Å²) in [5.41, 5.74) is 0. The summed E-state index contributed by atoms with van der Waals surface area (Å²) >= 11 is 0. The maximum Gasteiger partial charge on any atom is 0.306 e. The van der Waals surface area contributed by atoms with Crippen LogP contribution in [0.4, 0.5) is 0 Å². The van der Waals surface area contributed by atoms with E-state index < -0.39 is 80.9 Å². The van der Waals surface area contributed by atoms with Crippen molar-refractivity contribution in [3.8, 4) is 0 Å². The number of unbranched alkanes of at least 4 members (excludes halogenated alkanes) is 12. The van der Waals surface area contributed by atoms with Crippen LogP contribution in [0, 0.1) is 0 Å². The van der Waals surface area contributed by atoms with Crippen molar-refractivity contribution in [2.24, 2.45) is 0 Å². The smallest absolute Gasteiger partial charge is 0.306 e. The Balaban J connectivity index is 2.53. The average Bonchev–Trinajstić information content (AvgIpc) is 2.96. The molecule has 0 saturated carbocycles. The summed E-state index contributed by atoms with van der Waals surface area (Å²) in [5.74, 6) is -0.715. The lowest BCUT2D eigenvalue weighted by molar-refractivity contribution is -0.328. The van der Waals surface area contributed by atoms with Gasteiger partial charge in [-0.3, -0.25) is 4.79 Å². The summed E-state index contributed by atoms with van der Waals surface area (Å²) in [6.07, 6.45) is -0.278. The molecule has 1 aliphatic rings. The molecule has 1 aliphatic heterocycles. The summed E-state index contributed by atoms with van der Waals surface area (Å²) < 4.78 is 16.1. The molecule has 1 saturated heterocycles. The molecule has 0 aromatic rings. The van der Waals surface area contributed by atoms with E-state index in [1.807, 2.05) is 0 Å². The number of aliphatic hydroxyl groups excluding tert-OH is 8. The Kier molecular flexibility index (Phi) is 20.1. The molecule has 1 heterocycles. The monoisotopic (exact) mass is 582 g/mol. The van der Waals surface area contributed by atoms with Crippen LogP contribution in [0.5, 0.6) is 0 Å². The lowest BCUT2D eigenvalue weighted by atomic mass is 9.98. The van der Waals surface area contributed by atoms with E-state index in [1.54, 1.807) is 0 Å². The van der Waals surface area contributed by atoms with Crippen LogP contribution in [0.2, 0.25) is 0 Å². The number of hydrogen-bond acceptors (Lipinski definition) is 12. The molecule has 9 atom stereocenters. The van der Waals surface area contributed by atoms with Crippen molar-refractivity contribution in [2.75, 3.05) is 19.8 Å². The van der Waals surface area contributed by atoms with Gasteiger partial charge in [-0.1, -0.05) is 84.0 Å². The van der Waals surface area contributed by atoms with Crippen LogP contribution >= 0.6 is 0 Å². The Morgan fingerprint density at radius 2 is 1.18 bits per heavy atom. The number of hydrogen-bond donors (Lipinski definition) is 8. The molecule has 1 fully saturated rings. The van der Waals surface area contributed by atoms with Gasteiger partial charge in [0.25, 0.3) is 0 Å². The van der Waals surface area contributed by atoms with E-state index in [0.717, 1.165) is 25.7 Å². The SMILES string of the molecule is CCCCCCCCCCCCCCCC(=O)O[C@@H]([C@H](O[C@H]1O[C@H](CO)[C@@H](O)[C@H](O)[C@H]1O)[C@H](O)CO)[C@@H](O)CO. The van der Waals surface area contributed by atoms with Gasteiger partial charge < -0.3 is 55.1 Å². The fraction of sp³-hybridized carbons (Fsp3) is 0.964. The third kappa shape index (κ3) is 13.4. The van der Waals surface area contributed by atoms with Crippen molar-refractivity contribution in [1.82, 2.24) is 0 Å². The molecule has 0 aromatic carbocycles. The molecule has 0 unspecified atom stereocenters. The molecular formula is C28H54O12. The number of esters is 1. The van der Waals surface area contributed by atoms with Gasteiger partial charge in [-0.15, -0.1) is 0 Å². The summed E-state index contributed by atoms with van der Waals surface area (Å²) in [6, 6.07) is 0. The zero-order chi connectivity index (χ0) is 29.9.